The molecule has 0 fully saturated rings. The Hall–Kier alpha value is -4.66. The highest BCUT2D eigenvalue weighted by Crippen LogP contribution is 2.45. The molecule has 1 aliphatic rings. The van der Waals surface area contributed by atoms with Gasteiger partial charge in [0.15, 0.2) is 6.61 Å². The smallest absolute Gasteiger partial charge is 0.273 e. The number of nitrogens with two attached hydrogens (primary N) is 1. The summed E-state index contributed by atoms with van der Waals surface area (Å²) in [6, 6.07) is 17.3. The molecule has 4 aromatic rings. The molecule has 4 N–H and O–H groups in total. The molecule has 2 aromatic carbocycles. The highest BCUT2D eigenvalue weighted by atomic mass is 16.5. The number of carbonyl (C=O) groups excluding carboxylic acids is 2. The van der Waals surface area contributed by atoms with Crippen molar-refractivity contribution in [3.63, 3.8) is 0 Å². The zero-order valence-electron chi connectivity index (χ0n) is 18.0. The fraction of sp³-hybridized carbons (Fsp3) is 0.120. The van der Waals surface area contributed by atoms with Gasteiger partial charge in [-0.3, -0.25) is 19.7 Å². The van der Waals surface area contributed by atoms with Crippen LogP contribution in [0.1, 0.15) is 33.2 Å². The minimum absolute atomic E-state index is 0.0748. The molecule has 0 aliphatic carbocycles. The second-order valence-electron chi connectivity index (χ2n) is 7.89. The first-order valence-corrected chi connectivity index (χ1v) is 10.6. The van der Waals surface area contributed by atoms with E-state index >= 15 is 0 Å². The summed E-state index contributed by atoms with van der Waals surface area (Å²) < 4.78 is 5.38. The topological polar surface area (TPSA) is 134 Å². The van der Waals surface area contributed by atoms with Crippen LogP contribution in [0.15, 0.2) is 73.1 Å². The van der Waals surface area contributed by atoms with Crippen LogP contribution < -0.4 is 10.5 Å². The first kappa shape index (κ1) is 21.2. The lowest BCUT2D eigenvalue weighted by Crippen LogP contribution is -2.29. The number of carbonyl (C=O) groups is 2. The van der Waals surface area contributed by atoms with E-state index in [0.717, 1.165) is 11.1 Å². The molecule has 0 bridgehead atoms. The molecule has 34 heavy (non-hydrogen) atoms. The van der Waals surface area contributed by atoms with E-state index in [2.05, 4.69) is 15.2 Å². The highest BCUT2D eigenvalue weighted by molar-refractivity contribution is 6.00. The number of aromatic nitrogens is 3. The van der Waals surface area contributed by atoms with E-state index in [1.165, 1.54) is 0 Å². The van der Waals surface area contributed by atoms with Gasteiger partial charge in [-0.15, -0.1) is 0 Å². The van der Waals surface area contributed by atoms with Crippen LogP contribution in [0.4, 0.5) is 0 Å². The van der Waals surface area contributed by atoms with Gasteiger partial charge >= 0.3 is 0 Å². The van der Waals surface area contributed by atoms with E-state index in [9.17, 15) is 14.7 Å². The average molecular weight is 455 g/mol. The fourth-order valence-corrected chi connectivity index (χ4v) is 4.17. The number of hydrogen-bond donors (Lipinski definition) is 3. The third kappa shape index (κ3) is 3.83. The molecule has 0 saturated carbocycles. The number of ether oxygens (including phenoxy) is 1. The number of primary amides is 1. The number of nitrogens with one attached hydrogen (secondary N) is 1. The molecule has 2 amide bonds. The fourth-order valence-electron chi connectivity index (χ4n) is 4.17. The lowest BCUT2D eigenvalue weighted by Gasteiger charge is -2.26. The Kier molecular flexibility index (Phi) is 5.43. The number of phenols is 1. The van der Waals surface area contributed by atoms with Crippen LogP contribution >= 0.6 is 0 Å². The molecule has 1 aliphatic heterocycles. The summed E-state index contributed by atoms with van der Waals surface area (Å²) in [4.78, 5) is 30.3. The molecule has 1 atom stereocenters. The monoisotopic (exact) mass is 455 g/mol. The lowest BCUT2D eigenvalue weighted by atomic mass is 9.95. The van der Waals surface area contributed by atoms with Gasteiger partial charge in [0.05, 0.1) is 6.04 Å². The molecule has 9 nitrogen and oxygen atoms in total. The number of para-hydroxylation sites is 1. The van der Waals surface area contributed by atoms with E-state index in [0.29, 0.717) is 34.8 Å². The van der Waals surface area contributed by atoms with Crippen LogP contribution in [0.3, 0.4) is 0 Å². The van der Waals surface area contributed by atoms with Gasteiger partial charge in [-0.2, -0.15) is 5.10 Å². The maximum absolute atomic E-state index is 13.5. The van der Waals surface area contributed by atoms with Gasteiger partial charge in [0.1, 0.15) is 22.9 Å². The summed E-state index contributed by atoms with van der Waals surface area (Å²) in [5, 5.41) is 17.7. The van der Waals surface area contributed by atoms with Crippen molar-refractivity contribution in [1.82, 2.24) is 20.1 Å². The second kappa shape index (κ2) is 8.70. The standard InChI is InChI=1S/C25H21N5O4/c26-20(32)14-34-17-7-5-16(6-8-17)24-21-22(18-3-1-2-4-19(18)31)28-29-23(21)25(33)30(24)13-15-9-11-27-12-10-15/h1-12,24,31H,13-14H2,(H2,26,32)(H,28,29). The maximum Gasteiger partial charge on any atom is 0.273 e. The number of amides is 2. The normalized spacial score (nSPS) is 14.8. The Bertz CT molecular complexity index is 1350. The number of hydrogen-bond acceptors (Lipinski definition) is 6. The minimum atomic E-state index is -0.565. The molecule has 0 saturated heterocycles. The first-order chi connectivity index (χ1) is 16.5. The SMILES string of the molecule is NC(=O)COc1ccc(C2c3c(-c4ccccc4O)n[nH]c3C(=O)N2Cc2ccncc2)cc1. The van der Waals surface area contributed by atoms with Crippen molar-refractivity contribution in [3.05, 3.63) is 95.4 Å². The number of rotatable bonds is 7. The molecule has 170 valence electrons. The van der Waals surface area contributed by atoms with Crippen LogP contribution in [-0.2, 0) is 11.3 Å². The number of phenolic OH excluding ortho intramolecular Hbond substituents is 1. The average Bonchev–Trinajstić information content (AvgIpc) is 3.38. The minimum Gasteiger partial charge on any atom is -0.507 e. The predicted molar refractivity (Wildman–Crippen MR) is 123 cm³/mol. The molecule has 3 heterocycles. The Morgan fingerprint density at radius 3 is 2.53 bits per heavy atom. The lowest BCUT2D eigenvalue weighted by molar-refractivity contribution is -0.119. The third-order valence-corrected chi connectivity index (χ3v) is 5.70. The van der Waals surface area contributed by atoms with Gasteiger partial charge in [0.25, 0.3) is 11.8 Å². The zero-order chi connectivity index (χ0) is 23.7. The number of fused-ring (bicyclic) bond motifs is 1. The summed E-state index contributed by atoms with van der Waals surface area (Å²) >= 11 is 0. The zero-order valence-corrected chi connectivity index (χ0v) is 18.0. The second-order valence-corrected chi connectivity index (χ2v) is 7.89. The highest BCUT2D eigenvalue weighted by Gasteiger charge is 2.42. The van der Waals surface area contributed by atoms with Crippen molar-refractivity contribution in [2.24, 2.45) is 5.73 Å². The summed E-state index contributed by atoms with van der Waals surface area (Å²) in [5.41, 5.74) is 9.02. The Labute approximate surface area is 194 Å². The van der Waals surface area contributed by atoms with Gasteiger partial charge in [-0.1, -0.05) is 24.3 Å². The van der Waals surface area contributed by atoms with Crippen molar-refractivity contribution >= 4 is 11.8 Å². The van der Waals surface area contributed by atoms with Crippen molar-refractivity contribution < 1.29 is 19.4 Å². The molecule has 1 unspecified atom stereocenters. The predicted octanol–water partition coefficient (Wildman–Crippen LogP) is 2.79. The van der Waals surface area contributed by atoms with E-state index < -0.39 is 11.9 Å². The van der Waals surface area contributed by atoms with Crippen molar-refractivity contribution in [3.8, 4) is 22.8 Å². The van der Waals surface area contributed by atoms with Gasteiger partial charge in [0, 0.05) is 30.1 Å². The molecule has 0 spiro atoms. The summed E-state index contributed by atoms with van der Waals surface area (Å²) in [6.45, 7) is 0.132. The number of aromatic amines is 1. The number of aromatic hydroxyl groups is 1. The van der Waals surface area contributed by atoms with Crippen LogP contribution in [0.2, 0.25) is 0 Å². The van der Waals surface area contributed by atoms with Gasteiger partial charge in [-0.05, 0) is 47.5 Å². The summed E-state index contributed by atoms with van der Waals surface area (Å²) in [6.07, 6.45) is 3.37. The van der Waals surface area contributed by atoms with Crippen molar-refractivity contribution in [1.29, 1.82) is 0 Å². The van der Waals surface area contributed by atoms with E-state index in [4.69, 9.17) is 10.5 Å². The number of H-pyrrole nitrogens is 1. The van der Waals surface area contributed by atoms with E-state index in [1.54, 1.807) is 47.6 Å². The van der Waals surface area contributed by atoms with Crippen molar-refractivity contribution in [2.75, 3.05) is 6.61 Å². The van der Waals surface area contributed by atoms with Crippen LogP contribution in [-0.4, -0.2) is 43.6 Å². The van der Waals surface area contributed by atoms with E-state index in [1.807, 2.05) is 30.3 Å². The summed E-state index contributed by atoms with van der Waals surface area (Å²) in [5.74, 6) is -0.198. The van der Waals surface area contributed by atoms with Gasteiger partial charge in [0.2, 0.25) is 0 Å². The first-order valence-electron chi connectivity index (χ1n) is 10.6. The molecule has 9 heteroatoms. The Morgan fingerprint density at radius 1 is 1.09 bits per heavy atom. The maximum atomic E-state index is 13.5. The largest absolute Gasteiger partial charge is 0.507 e. The molecular weight excluding hydrogens is 434 g/mol. The van der Waals surface area contributed by atoms with Crippen LogP contribution in [0, 0.1) is 0 Å². The molecule has 2 aromatic heterocycles. The summed E-state index contributed by atoms with van der Waals surface area (Å²) in [7, 11) is 0. The number of benzene rings is 2. The molecule has 5 rings (SSSR count). The van der Waals surface area contributed by atoms with Crippen LogP contribution in [0.25, 0.3) is 11.3 Å². The number of nitrogens with zero attached hydrogens (tertiary/aromatic N) is 3. The molecule has 0 radical (unpaired) electrons. The quantitative estimate of drug-likeness (QED) is 0.392. The van der Waals surface area contributed by atoms with Crippen LogP contribution in [0.5, 0.6) is 11.5 Å². The Balaban J connectivity index is 1.59. The number of pyridine rings is 1. The Morgan fingerprint density at radius 2 is 1.82 bits per heavy atom. The van der Waals surface area contributed by atoms with Gasteiger partial charge in [-0.25, -0.2) is 0 Å². The third-order valence-electron chi connectivity index (χ3n) is 5.70. The van der Waals surface area contributed by atoms with Crippen molar-refractivity contribution in [2.45, 2.75) is 12.6 Å². The van der Waals surface area contributed by atoms with E-state index in [-0.39, 0.29) is 18.3 Å². The molecular formula is C25H21N5O4. The van der Waals surface area contributed by atoms with Gasteiger partial charge < -0.3 is 20.5 Å².